The highest BCUT2D eigenvalue weighted by Crippen LogP contribution is 2.15. The normalized spacial score (nSPS) is 14.6. The van der Waals surface area contributed by atoms with Crippen LogP contribution in [0.15, 0.2) is 54.6 Å². The molecule has 202 valence electrons. The predicted octanol–water partition coefficient (Wildman–Crippen LogP) is 2.75. The van der Waals surface area contributed by atoms with E-state index >= 15 is 0 Å². The number of carboxylic acids is 2. The van der Waals surface area contributed by atoms with Gasteiger partial charge >= 0.3 is 18.0 Å². The lowest BCUT2D eigenvalue weighted by Gasteiger charge is -2.28. The van der Waals surface area contributed by atoms with Gasteiger partial charge in [0.05, 0.1) is 13.2 Å². The Balaban J connectivity index is 0.000000458. The Hall–Kier alpha value is -3.63. The van der Waals surface area contributed by atoms with Crippen molar-refractivity contribution in [3.8, 4) is 5.75 Å². The van der Waals surface area contributed by atoms with Gasteiger partial charge in [-0.1, -0.05) is 56.3 Å². The molecule has 10 nitrogen and oxygen atoms in total. The van der Waals surface area contributed by atoms with Gasteiger partial charge in [0.2, 0.25) is 0 Å². The lowest BCUT2D eigenvalue weighted by Crippen LogP contribution is -2.51. The Morgan fingerprint density at radius 2 is 1.59 bits per heavy atom. The minimum atomic E-state index is -1.06. The number of nitrogens with one attached hydrogen (secondary N) is 1. The zero-order valence-electron chi connectivity index (χ0n) is 21.3. The molecule has 10 heteroatoms. The van der Waals surface area contributed by atoms with Gasteiger partial charge < -0.3 is 35.6 Å². The van der Waals surface area contributed by atoms with Crippen LogP contribution in [0.3, 0.4) is 0 Å². The quantitative estimate of drug-likeness (QED) is 0.377. The number of hydrogen-bond acceptors (Lipinski definition) is 6. The summed E-state index contributed by atoms with van der Waals surface area (Å²) in [5.41, 5.74) is 7.10. The second kappa shape index (κ2) is 15.5. The van der Waals surface area contributed by atoms with Crippen LogP contribution in [0.1, 0.15) is 31.4 Å². The number of nitrogens with zero attached hydrogens (tertiary/aromatic N) is 1. The molecule has 1 aliphatic rings. The standard InChI is InChI=1S/C21H24N2O5.C6H13NO2/c24-20(25)19(22-21(26)23-10-12-27-13-11-23)14-16-6-8-18(9-7-16)28-15-17-4-2-1-3-5-17;1-4(2)3-5(7)6(8)9/h1-9,19H,10-15H2,(H,22,26)(H,24,25);4-5H,3,7H2,1-2H3,(H,8,9)/t19-;5-/m00/s1. The number of carboxylic acid groups (broad SMARTS) is 2. The molecule has 0 aliphatic carbocycles. The molecule has 0 spiro atoms. The first kappa shape index (κ1) is 29.6. The summed E-state index contributed by atoms with van der Waals surface area (Å²) in [7, 11) is 0. The number of carbonyl (C=O) groups excluding carboxylic acids is 1. The molecule has 1 aliphatic heterocycles. The van der Waals surface area contributed by atoms with Gasteiger partial charge in [-0.25, -0.2) is 9.59 Å². The molecule has 3 rings (SSSR count). The minimum absolute atomic E-state index is 0.199. The van der Waals surface area contributed by atoms with Crippen molar-refractivity contribution in [1.82, 2.24) is 10.2 Å². The van der Waals surface area contributed by atoms with Crippen LogP contribution < -0.4 is 15.8 Å². The van der Waals surface area contributed by atoms with Crippen molar-refractivity contribution in [2.45, 2.75) is 45.4 Å². The molecule has 0 aromatic heterocycles. The van der Waals surface area contributed by atoms with Crippen LogP contribution in [0.2, 0.25) is 0 Å². The van der Waals surface area contributed by atoms with Crippen LogP contribution in [-0.2, 0) is 27.4 Å². The third-order valence-electron chi connectivity index (χ3n) is 5.55. The molecule has 5 N–H and O–H groups in total. The van der Waals surface area contributed by atoms with Crippen LogP contribution in [-0.4, -0.2) is 71.5 Å². The Labute approximate surface area is 217 Å². The van der Waals surface area contributed by atoms with Gasteiger partial charge in [-0.3, -0.25) is 4.79 Å². The summed E-state index contributed by atoms with van der Waals surface area (Å²) in [4.78, 5) is 35.5. The molecule has 37 heavy (non-hydrogen) atoms. The Morgan fingerprint density at radius 3 is 2.11 bits per heavy atom. The van der Waals surface area contributed by atoms with Crippen molar-refractivity contribution in [2.24, 2.45) is 11.7 Å². The number of rotatable bonds is 10. The van der Waals surface area contributed by atoms with E-state index in [0.29, 0.717) is 51.0 Å². The second-order valence-corrected chi connectivity index (χ2v) is 9.14. The molecular formula is C27H37N3O7. The first-order chi connectivity index (χ1) is 17.7. The van der Waals surface area contributed by atoms with Crippen molar-refractivity contribution < 1.29 is 34.1 Å². The number of morpholine rings is 1. The van der Waals surface area contributed by atoms with E-state index in [9.17, 15) is 19.5 Å². The van der Waals surface area contributed by atoms with E-state index in [1.54, 1.807) is 17.0 Å². The maximum absolute atomic E-state index is 12.3. The molecule has 1 fully saturated rings. The number of benzene rings is 2. The van der Waals surface area contributed by atoms with Crippen molar-refractivity contribution in [3.05, 3.63) is 65.7 Å². The highest BCUT2D eigenvalue weighted by molar-refractivity contribution is 5.82. The molecule has 2 aromatic rings. The van der Waals surface area contributed by atoms with Crippen LogP contribution in [0.4, 0.5) is 4.79 Å². The van der Waals surface area contributed by atoms with Crippen molar-refractivity contribution in [3.63, 3.8) is 0 Å². The number of ether oxygens (including phenoxy) is 2. The zero-order chi connectivity index (χ0) is 27.2. The molecule has 2 atom stereocenters. The third kappa shape index (κ3) is 11.3. The maximum atomic E-state index is 12.3. The van der Waals surface area contributed by atoms with Gasteiger partial charge in [0.15, 0.2) is 0 Å². The Bertz CT molecular complexity index is 977. The lowest BCUT2D eigenvalue weighted by molar-refractivity contribution is -0.140. The molecule has 0 bridgehead atoms. The summed E-state index contributed by atoms with van der Waals surface area (Å²) in [6, 6.07) is 15.0. The smallest absolute Gasteiger partial charge is 0.326 e. The van der Waals surface area contributed by atoms with Gasteiger partial charge in [-0.2, -0.15) is 0 Å². The van der Waals surface area contributed by atoms with Gasteiger partial charge in [0, 0.05) is 19.5 Å². The summed E-state index contributed by atoms with van der Waals surface area (Å²) in [6.07, 6.45) is 0.750. The molecule has 2 amide bonds. The Morgan fingerprint density at radius 1 is 0.973 bits per heavy atom. The van der Waals surface area contributed by atoms with Crippen LogP contribution >= 0.6 is 0 Å². The van der Waals surface area contributed by atoms with E-state index in [2.05, 4.69) is 5.32 Å². The molecular weight excluding hydrogens is 478 g/mol. The fourth-order valence-corrected chi connectivity index (χ4v) is 3.51. The lowest BCUT2D eigenvalue weighted by atomic mass is 10.1. The fourth-order valence-electron chi connectivity index (χ4n) is 3.51. The second-order valence-electron chi connectivity index (χ2n) is 9.14. The highest BCUT2D eigenvalue weighted by atomic mass is 16.5. The molecule has 0 saturated carbocycles. The molecule has 2 aromatic carbocycles. The number of aliphatic carboxylic acids is 2. The largest absolute Gasteiger partial charge is 0.489 e. The predicted molar refractivity (Wildman–Crippen MR) is 138 cm³/mol. The van der Waals surface area contributed by atoms with E-state index in [-0.39, 0.29) is 12.5 Å². The summed E-state index contributed by atoms with van der Waals surface area (Å²) in [5, 5.41) is 20.4. The zero-order valence-corrected chi connectivity index (χ0v) is 21.3. The number of carbonyl (C=O) groups is 3. The topological polar surface area (TPSA) is 151 Å². The SMILES string of the molecule is CC(C)C[C@H](N)C(=O)O.O=C(O)[C@H](Cc1ccc(OCc2ccccc2)cc1)NC(=O)N1CCOCC1. The molecule has 1 saturated heterocycles. The van der Waals surface area contributed by atoms with E-state index in [4.69, 9.17) is 20.3 Å². The summed E-state index contributed by atoms with van der Waals surface area (Å²) in [5.74, 6) is -0.914. The number of amides is 2. The van der Waals surface area contributed by atoms with Crippen LogP contribution in [0, 0.1) is 5.92 Å². The average molecular weight is 516 g/mol. The summed E-state index contributed by atoms with van der Waals surface area (Å²) in [6.45, 7) is 6.22. The van der Waals surface area contributed by atoms with Crippen molar-refractivity contribution in [2.75, 3.05) is 26.3 Å². The highest BCUT2D eigenvalue weighted by Gasteiger charge is 2.24. The number of hydrogen-bond donors (Lipinski definition) is 4. The van der Waals surface area contributed by atoms with E-state index < -0.39 is 24.0 Å². The molecule has 0 unspecified atom stereocenters. The molecule has 0 radical (unpaired) electrons. The minimum Gasteiger partial charge on any atom is -0.489 e. The summed E-state index contributed by atoms with van der Waals surface area (Å²) >= 11 is 0. The van der Waals surface area contributed by atoms with Gasteiger partial charge in [0.25, 0.3) is 0 Å². The maximum Gasteiger partial charge on any atom is 0.326 e. The van der Waals surface area contributed by atoms with E-state index in [1.165, 1.54) is 0 Å². The number of urea groups is 1. The Kier molecular flexibility index (Phi) is 12.4. The van der Waals surface area contributed by atoms with Gasteiger partial charge in [0.1, 0.15) is 24.4 Å². The third-order valence-corrected chi connectivity index (χ3v) is 5.55. The average Bonchev–Trinajstić information content (AvgIpc) is 2.89. The molecule has 1 heterocycles. The fraction of sp³-hybridized carbons (Fsp3) is 0.444. The van der Waals surface area contributed by atoms with E-state index in [0.717, 1.165) is 11.1 Å². The monoisotopic (exact) mass is 515 g/mol. The van der Waals surface area contributed by atoms with E-state index in [1.807, 2.05) is 56.3 Å². The van der Waals surface area contributed by atoms with Crippen LogP contribution in [0.25, 0.3) is 0 Å². The van der Waals surface area contributed by atoms with Crippen molar-refractivity contribution >= 4 is 18.0 Å². The van der Waals surface area contributed by atoms with Crippen molar-refractivity contribution in [1.29, 1.82) is 0 Å². The van der Waals surface area contributed by atoms with Crippen LogP contribution in [0.5, 0.6) is 5.75 Å². The first-order valence-corrected chi connectivity index (χ1v) is 12.3. The first-order valence-electron chi connectivity index (χ1n) is 12.3. The van der Waals surface area contributed by atoms with Gasteiger partial charge in [-0.15, -0.1) is 0 Å². The van der Waals surface area contributed by atoms with Gasteiger partial charge in [-0.05, 0) is 35.6 Å². The number of nitrogens with two attached hydrogens (primary N) is 1. The summed E-state index contributed by atoms with van der Waals surface area (Å²) < 4.78 is 10.9.